The van der Waals surface area contributed by atoms with E-state index in [0.717, 1.165) is 17.1 Å². The number of thiophene rings is 1. The normalized spacial score (nSPS) is 11.9. The van der Waals surface area contributed by atoms with Crippen LogP contribution in [-0.4, -0.2) is 4.40 Å². The van der Waals surface area contributed by atoms with Gasteiger partial charge in [-0.2, -0.15) is 0 Å². The molecular formula is C48H30N2S. The smallest absolute Gasteiger partial charge is 0.0620 e. The Kier molecular flexibility index (Phi) is 6.16. The third-order valence-electron chi connectivity index (χ3n) is 10.5. The number of fused-ring (bicyclic) bond motifs is 9. The fourth-order valence-electron chi connectivity index (χ4n) is 8.15. The molecule has 0 bridgehead atoms. The number of nitrogens with zero attached hydrogens (tertiary/aromatic N) is 2. The predicted molar refractivity (Wildman–Crippen MR) is 220 cm³/mol. The number of para-hydroxylation sites is 2. The summed E-state index contributed by atoms with van der Waals surface area (Å²) < 4.78 is 5.08. The van der Waals surface area contributed by atoms with E-state index >= 15 is 0 Å². The number of rotatable bonds is 5. The van der Waals surface area contributed by atoms with E-state index in [9.17, 15) is 0 Å². The van der Waals surface area contributed by atoms with Crippen molar-refractivity contribution >= 4 is 86.7 Å². The summed E-state index contributed by atoms with van der Waals surface area (Å²) in [5.41, 5.74) is 12.0. The van der Waals surface area contributed by atoms with E-state index in [2.05, 4.69) is 191 Å². The van der Waals surface area contributed by atoms with Gasteiger partial charge in [0.1, 0.15) is 0 Å². The van der Waals surface area contributed by atoms with E-state index in [1.807, 2.05) is 11.3 Å². The van der Waals surface area contributed by atoms with E-state index in [1.165, 1.54) is 80.5 Å². The Bertz CT molecular complexity index is 3060. The van der Waals surface area contributed by atoms with Crippen LogP contribution >= 0.6 is 11.3 Å². The molecule has 0 unspecified atom stereocenters. The highest BCUT2D eigenvalue weighted by Gasteiger charge is 2.18. The lowest BCUT2D eigenvalue weighted by Gasteiger charge is -2.26. The highest BCUT2D eigenvalue weighted by Crippen LogP contribution is 2.43. The molecule has 0 N–H and O–H groups in total. The molecule has 11 rings (SSSR count). The first-order valence-electron chi connectivity index (χ1n) is 17.4. The summed E-state index contributed by atoms with van der Waals surface area (Å²) in [6.07, 6.45) is 0. The zero-order chi connectivity index (χ0) is 33.5. The van der Waals surface area contributed by atoms with Crippen LogP contribution in [0.1, 0.15) is 0 Å². The summed E-state index contributed by atoms with van der Waals surface area (Å²) in [5.74, 6) is 0. The minimum atomic E-state index is 1.12. The van der Waals surface area contributed by atoms with E-state index < -0.39 is 0 Å². The molecule has 3 heteroatoms. The Hall–Kier alpha value is -6.42. The largest absolute Gasteiger partial charge is 0.310 e. The van der Waals surface area contributed by atoms with Crippen molar-refractivity contribution in [2.45, 2.75) is 0 Å². The van der Waals surface area contributed by atoms with Gasteiger partial charge in [0.15, 0.2) is 0 Å². The second-order valence-electron chi connectivity index (χ2n) is 13.4. The molecule has 3 heterocycles. The Morgan fingerprint density at radius 3 is 1.65 bits per heavy atom. The van der Waals surface area contributed by atoms with Crippen molar-refractivity contribution in [2.75, 3.05) is 4.90 Å². The van der Waals surface area contributed by atoms with Crippen LogP contribution in [0.25, 0.3) is 80.5 Å². The van der Waals surface area contributed by atoms with Gasteiger partial charge in [-0.05, 0) is 82.9 Å². The number of hydrogen-bond acceptors (Lipinski definition) is 2. The van der Waals surface area contributed by atoms with Gasteiger partial charge in [-0.25, -0.2) is 0 Å². The monoisotopic (exact) mass is 666 g/mol. The van der Waals surface area contributed by atoms with Crippen LogP contribution in [0.15, 0.2) is 182 Å². The second kappa shape index (κ2) is 11.0. The fraction of sp³-hybridized carbons (Fsp3) is 0. The highest BCUT2D eigenvalue weighted by molar-refractivity contribution is 7.25. The molecule has 11 aromatic rings. The van der Waals surface area contributed by atoms with Crippen LogP contribution < -0.4 is 4.90 Å². The number of anilines is 3. The lowest BCUT2D eigenvalue weighted by Crippen LogP contribution is -2.09. The molecule has 0 fully saturated rings. The average molecular weight is 667 g/mol. The van der Waals surface area contributed by atoms with Crippen molar-refractivity contribution in [3.8, 4) is 22.3 Å². The Balaban J connectivity index is 1.04. The maximum Gasteiger partial charge on any atom is 0.0620 e. The minimum Gasteiger partial charge on any atom is -0.310 e. The van der Waals surface area contributed by atoms with E-state index in [1.54, 1.807) is 0 Å². The van der Waals surface area contributed by atoms with Gasteiger partial charge < -0.3 is 9.30 Å². The Labute approximate surface area is 299 Å². The van der Waals surface area contributed by atoms with Gasteiger partial charge in [-0.3, -0.25) is 0 Å². The van der Waals surface area contributed by atoms with Crippen molar-refractivity contribution in [2.24, 2.45) is 0 Å². The fourth-order valence-corrected chi connectivity index (χ4v) is 9.23. The summed E-state index contributed by atoms with van der Waals surface area (Å²) in [4.78, 5) is 2.38. The van der Waals surface area contributed by atoms with Crippen molar-refractivity contribution in [3.05, 3.63) is 182 Å². The third-order valence-corrected chi connectivity index (χ3v) is 11.7. The van der Waals surface area contributed by atoms with Crippen molar-refractivity contribution in [1.82, 2.24) is 4.40 Å². The number of aromatic nitrogens is 1. The van der Waals surface area contributed by atoms with Crippen LogP contribution in [0.3, 0.4) is 0 Å². The predicted octanol–water partition coefficient (Wildman–Crippen LogP) is 14.0. The number of hydrogen-bond donors (Lipinski definition) is 0. The minimum absolute atomic E-state index is 1.12. The van der Waals surface area contributed by atoms with Gasteiger partial charge in [-0.1, -0.05) is 121 Å². The molecule has 51 heavy (non-hydrogen) atoms. The van der Waals surface area contributed by atoms with Crippen LogP contribution in [-0.2, 0) is 0 Å². The molecule has 8 aromatic carbocycles. The van der Waals surface area contributed by atoms with Gasteiger partial charge in [0.2, 0.25) is 0 Å². The summed E-state index contributed by atoms with van der Waals surface area (Å²) in [6, 6.07) is 66.6. The molecule has 0 radical (unpaired) electrons. The zero-order valence-electron chi connectivity index (χ0n) is 27.6. The molecule has 0 saturated heterocycles. The molecule has 0 spiro atoms. The molecule has 0 aliphatic heterocycles. The molecule has 238 valence electrons. The van der Waals surface area contributed by atoms with E-state index in [-0.39, 0.29) is 0 Å². The van der Waals surface area contributed by atoms with Crippen LogP contribution in [0.4, 0.5) is 17.1 Å². The second-order valence-corrected chi connectivity index (χ2v) is 14.4. The first-order valence-corrected chi connectivity index (χ1v) is 18.2. The molecule has 0 atom stereocenters. The van der Waals surface area contributed by atoms with Crippen molar-refractivity contribution in [1.29, 1.82) is 0 Å². The Morgan fingerprint density at radius 2 is 0.882 bits per heavy atom. The quantitative estimate of drug-likeness (QED) is 0.177. The lowest BCUT2D eigenvalue weighted by molar-refractivity contribution is 1.29. The van der Waals surface area contributed by atoms with Gasteiger partial charge in [-0.15, -0.1) is 11.3 Å². The van der Waals surface area contributed by atoms with Crippen LogP contribution in [0.2, 0.25) is 0 Å². The summed E-state index contributed by atoms with van der Waals surface area (Å²) >= 11 is 1.86. The van der Waals surface area contributed by atoms with E-state index in [4.69, 9.17) is 0 Å². The molecule has 0 saturated carbocycles. The molecule has 3 aromatic heterocycles. The van der Waals surface area contributed by atoms with Gasteiger partial charge in [0.05, 0.1) is 16.6 Å². The average Bonchev–Trinajstić information content (AvgIpc) is 3.86. The van der Waals surface area contributed by atoms with Gasteiger partial charge in [0, 0.05) is 58.8 Å². The third kappa shape index (κ3) is 4.35. The standard InChI is InChI=1S/C48H30N2S/c1-2-9-31(10-3-1)32-17-22-35(23-18-32)49(37-26-28-47-43(30-37)40-12-5-7-16-46(40)51-47)36-24-19-33(20-25-36)34-21-27-39-42-14-8-13-41-38-11-4-6-15-44(38)50(48(41)42)45(39)29-34/h1-30H. The van der Waals surface area contributed by atoms with Crippen molar-refractivity contribution in [3.63, 3.8) is 0 Å². The highest BCUT2D eigenvalue weighted by atomic mass is 32.1. The van der Waals surface area contributed by atoms with Crippen LogP contribution in [0, 0.1) is 0 Å². The van der Waals surface area contributed by atoms with Crippen LogP contribution in [0.5, 0.6) is 0 Å². The molecule has 0 aliphatic carbocycles. The van der Waals surface area contributed by atoms with Gasteiger partial charge in [0.25, 0.3) is 0 Å². The number of benzene rings is 8. The maximum absolute atomic E-state index is 2.46. The van der Waals surface area contributed by atoms with Crippen molar-refractivity contribution < 1.29 is 0 Å². The summed E-state index contributed by atoms with van der Waals surface area (Å²) in [6.45, 7) is 0. The maximum atomic E-state index is 2.46. The summed E-state index contributed by atoms with van der Waals surface area (Å²) in [7, 11) is 0. The molecule has 2 nitrogen and oxygen atoms in total. The Morgan fingerprint density at radius 1 is 0.333 bits per heavy atom. The first-order chi connectivity index (χ1) is 25.3. The SMILES string of the molecule is c1ccc(-c2ccc(N(c3ccc(-c4ccc5c6cccc7c8ccccc8n(c5c4)c76)cc3)c3ccc4sc5ccccc5c4c3)cc2)cc1. The molecular weight excluding hydrogens is 637 g/mol. The molecule has 0 aliphatic rings. The first kappa shape index (κ1) is 28.4. The zero-order valence-corrected chi connectivity index (χ0v) is 28.4. The summed E-state index contributed by atoms with van der Waals surface area (Å²) in [5, 5.41) is 7.83. The topological polar surface area (TPSA) is 7.65 Å². The molecule has 0 amide bonds. The van der Waals surface area contributed by atoms with Gasteiger partial charge >= 0.3 is 0 Å². The van der Waals surface area contributed by atoms with E-state index in [0.29, 0.717) is 0 Å². The lowest BCUT2D eigenvalue weighted by atomic mass is 10.0.